The highest BCUT2D eigenvalue weighted by atomic mass is 16.5. The zero-order valence-electron chi connectivity index (χ0n) is 11.7. The highest BCUT2D eigenvalue weighted by Gasteiger charge is 2.09. The van der Waals surface area contributed by atoms with E-state index in [2.05, 4.69) is 20.5 Å². The first-order valence-corrected chi connectivity index (χ1v) is 6.39. The zero-order valence-corrected chi connectivity index (χ0v) is 11.7. The molecule has 0 saturated heterocycles. The maximum absolute atomic E-state index is 5.57. The number of aromatic nitrogens is 3. The average molecular weight is 286 g/mol. The summed E-state index contributed by atoms with van der Waals surface area (Å²) in [6.07, 6.45) is 5.00. The molecule has 0 bridgehead atoms. The second kappa shape index (κ2) is 5.66. The van der Waals surface area contributed by atoms with Gasteiger partial charge in [0, 0.05) is 31.0 Å². The molecule has 0 amide bonds. The first kappa shape index (κ1) is 13.2. The van der Waals surface area contributed by atoms with Crippen LogP contribution in [0.3, 0.4) is 0 Å². The van der Waals surface area contributed by atoms with E-state index in [1.54, 1.807) is 30.8 Å². The quantitative estimate of drug-likeness (QED) is 0.770. The number of hydrogen-bond donors (Lipinski definition) is 1. The molecule has 0 aromatic carbocycles. The van der Waals surface area contributed by atoms with Crippen molar-refractivity contribution in [1.82, 2.24) is 20.5 Å². The summed E-state index contributed by atoms with van der Waals surface area (Å²) in [6, 6.07) is 3.56. The smallest absolute Gasteiger partial charge is 0.254 e. The fraction of sp³-hybridized carbons (Fsp3) is 0.214. The minimum atomic E-state index is 0.174. The molecular formula is C14H14N4O3. The summed E-state index contributed by atoms with van der Waals surface area (Å²) in [5.74, 6) is 1.44. The number of allylic oxidation sites excluding steroid dienone is 1. The molecule has 21 heavy (non-hydrogen) atoms. The summed E-state index contributed by atoms with van der Waals surface area (Å²) in [4.78, 5) is 4.21. The third kappa shape index (κ3) is 2.86. The number of rotatable bonds is 5. The van der Waals surface area contributed by atoms with Crippen molar-refractivity contribution in [3.05, 3.63) is 42.6 Å². The van der Waals surface area contributed by atoms with E-state index in [9.17, 15) is 0 Å². The van der Waals surface area contributed by atoms with Crippen molar-refractivity contribution in [1.29, 1.82) is 0 Å². The van der Waals surface area contributed by atoms with Crippen LogP contribution in [-0.2, 0) is 6.61 Å². The second-order valence-electron chi connectivity index (χ2n) is 4.38. The topological polar surface area (TPSA) is 86.2 Å². The van der Waals surface area contributed by atoms with Gasteiger partial charge in [0.2, 0.25) is 5.89 Å². The Morgan fingerprint density at radius 1 is 1.43 bits per heavy atom. The lowest BCUT2D eigenvalue weighted by molar-refractivity contribution is 0.261. The fourth-order valence-electron chi connectivity index (χ4n) is 1.80. The molecule has 0 aliphatic heterocycles. The number of ether oxygens (including phenoxy) is 1. The third-order valence-electron chi connectivity index (χ3n) is 2.80. The molecule has 0 radical (unpaired) electrons. The van der Waals surface area contributed by atoms with E-state index in [-0.39, 0.29) is 6.61 Å². The summed E-state index contributed by atoms with van der Waals surface area (Å²) in [6.45, 7) is 2.05. The molecule has 0 aliphatic rings. The number of pyridine rings is 1. The van der Waals surface area contributed by atoms with E-state index < -0.39 is 0 Å². The number of furan rings is 1. The monoisotopic (exact) mass is 286 g/mol. The zero-order chi connectivity index (χ0) is 14.7. The van der Waals surface area contributed by atoms with Crippen molar-refractivity contribution in [3.63, 3.8) is 0 Å². The van der Waals surface area contributed by atoms with E-state index >= 15 is 0 Å². The Kier molecular flexibility index (Phi) is 3.55. The van der Waals surface area contributed by atoms with E-state index in [4.69, 9.17) is 13.6 Å². The number of nitrogens with one attached hydrogen (secondary N) is 1. The van der Waals surface area contributed by atoms with Gasteiger partial charge in [0.1, 0.15) is 11.3 Å². The standard InChI is InChI=1S/C14H14N4O3/c1-9(6-15-2)14-18-17-13(21-14)8-20-10-5-12-11(16-7-10)3-4-19-12/h3-7,15H,8H2,1-2H3/b9-6+. The van der Waals surface area contributed by atoms with Crippen molar-refractivity contribution in [2.24, 2.45) is 0 Å². The minimum Gasteiger partial charge on any atom is -0.482 e. The van der Waals surface area contributed by atoms with Gasteiger partial charge < -0.3 is 18.9 Å². The van der Waals surface area contributed by atoms with Gasteiger partial charge in [-0.2, -0.15) is 0 Å². The normalized spacial score (nSPS) is 11.8. The molecule has 3 aromatic rings. The van der Waals surface area contributed by atoms with Gasteiger partial charge >= 0.3 is 0 Å². The van der Waals surface area contributed by atoms with Crippen molar-refractivity contribution < 1.29 is 13.6 Å². The lowest BCUT2D eigenvalue weighted by Crippen LogP contribution is -1.96. The van der Waals surface area contributed by atoms with E-state index in [0.29, 0.717) is 23.1 Å². The number of nitrogens with zero attached hydrogens (tertiary/aromatic N) is 3. The Morgan fingerprint density at radius 2 is 2.33 bits per heavy atom. The highest BCUT2D eigenvalue weighted by Crippen LogP contribution is 2.20. The molecule has 3 rings (SSSR count). The minimum absolute atomic E-state index is 0.174. The average Bonchev–Trinajstić information content (AvgIpc) is 3.14. The Balaban J connectivity index is 1.68. The largest absolute Gasteiger partial charge is 0.482 e. The Morgan fingerprint density at radius 3 is 3.19 bits per heavy atom. The molecule has 0 unspecified atom stereocenters. The van der Waals surface area contributed by atoms with Crippen molar-refractivity contribution in [2.45, 2.75) is 13.5 Å². The van der Waals surface area contributed by atoms with Crippen molar-refractivity contribution in [2.75, 3.05) is 7.05 Å². The maximum atomic E-state index is 5.57. The molecule has 3 aromatic heterocycles. The molecule has 108 valence electrons. The van der Waals surface area contributed by atoms with Crippen LogP contribution in [0.1, 0.15) is 18.7 Å². The van der Waals surface area contributed by atoms with Crippen LogP contribution in [0, 0.1) is 0 Å². The summed E-state index contributed by atoms with van der Waals surface area (Å²) in [7, 11) is 1.81. The summed E-state index contributed by atoms with van der Waals surface area (Å²) in [5, 5.41) is 10.8. The predicted molar refractivity (Wildman–Crippen MR) is 75.3 cm³/mol. The summed E-state index contributed by atoms with van der Waals surface area (Å²) >= 11 is 0. The van der Waals surface area contributed by atoms with Gasteiger partial charge in [-0.3, -0.25) is 0 Å². The van der Waals surface area contributed by atoms with Gasteiger partial charge in [-0.1, -0.05) is 0 Å². The maximum Gasteiger partial charge on any atom is 0.254 e. The van der Waals surface area contributed by atoms with Crippen molar-refractivity contribution >= 4 is 16.7 Å². The van der Waals surface area contributed by atoms with Gasteiger partial charge in [0.15, 0.2) is 12.2 Å². The molecule has 0 spiro atoms. The van der Waals surface area contributed by atoms with Gasteiger partial charge in [0.05, 0.1) is 12.5 Å². The Labute approximate surface area is 120 Å². The molecular weight excluding hydrogens is 272 g/mol. The first-order chi connectivity index (χ1) is 10.3. The van der Waals surface area contributed by atoms with Crippen molar-refractivity contribution in [3.8, 4) is 5.75 Å². The molecule has 3 heterocycles. The van der Waals surface area contributed by atoms with Crippen LogP contribution in [0.15, 0.2) is 39.6 Å². The van der Waals surface area contributed by atoms with Crippen LogP contribution in [0.25, 0.3) is 16.7 Å². The van der Waals surface area contributed by atoms with Gasteiger partial charge in [-0.25, -0.2) is 4.98 Å². The second-order valence-corrected chi connectivity index (χ2v) is 4.38. The summed E-state index contributed by atoms with van der Waals surface area (Å²) < 4.78 is 16.3. The highest BCUT2D eigenvalue weighted by molar-refractivity contribution is 5.73. The van der Waals surface area contributed by atoms with Crippen LogP contribution in [-0.4, -0.2) is 22.2 Å². The lowest BCUT2D eigenvalue weighted by Gasteiger charge is -2.01. The molecule has 0 saturated carbocycles. The number of hydrogen-bond acceptors (Lipinski definition) is 7. The lowest BCUT2D eigenvalue weighted by atomic mass is 10.3. The molecule has 0 aliphatic carbocycles. The molecule has 7 heteroatoms. The van der Waals surface area contributed by atoms with E-state index in [1.165, 1.54) is 0 Å². The van der Waals surface area contributed by atoms with E-state index in [1.807, 2.05) is 14.0 Å². The molecule has 7 nitrogen and oxygen atoms in total. The molecule has 0 fully saturated rings. The van der Waals surface area contributed by atoms with Crippen LogP contribution in [0.2, 0.25) is 0 Å². The van der Waals surface area contributed by atoms with Crippen LogP contribution >= 0.6 is 0 Å². The van der Waals surface area contributed by atoms with Gasteiger partial charge in [0.25, 0.3) is 5.89 Å². The molecule has 0 atom stereocenters. The predicted octanol–water partition coefficient (Wildman–Crippen LogP) is 2.37. The SMILES string of the molecule is CN/C=C(\C)c1nnc(COc2cnc3ccoc3c2)o1. The fourth-order valence-corrected chi connectivity index (χ4v) is 1.80. The van der Waals surface area contributed by atoms with E-state index in [0.717, 1.165) is 11.1 Å². The number of fused-ring (bicyclic) bond motifs is 1. The first-order valence-electron chi connectivity index (χ1n) is 6.39. The van der Waals surface area contributed by atoms with Crippen LogP contribution in [0.4, 0.5) is 0 Å². The third-order valence-corrected chi connectivity index (χ3v) is 2.80. The molecule has 1 N–H and O–H groups in total. The van der Waals surface area contributed by atoms with Crippen LogP contribution < -0.4 is 10.1 Å². The van der Waals surface area contributed by atoms with Gasteiger partial charge in [-0.15, -0.1) is 10.2 Å². The van der Waals surface area contributed by atoms with Crippen LogP contribution in [0.5, 0.6) is 5.75 Å². The summed E-state index contributed by atoms with van der Waals surface area (Å²) in [5.41, 5.74) is 2.32. The Hall–Kier alpha value is -2.83. The Bertz CT molecular complexity index is 775. The van der Waals surface area contributed by atoms with Gasteiger partial charge in [-0.05, 0) is 6.92 Å².